The highest BCUT2D eigenvalue weighted by Crippen LogP contribution is 2.29. The van der Waals surface area contributed by atoms with E-state index in [0.29, 0.717) is 24.0 Å². The smallest absolute Gasteiger partial charge is 0.244 e. The molecule has 0 aromatic heterocycles. The van der Waals surface area contributed by atoms with Crippen molar-refractivity contribution in [1.82, 2.24) is 10.6 Å². The van der Waals surface area contributed by atoms with E-state index < -0.39 is 23.9 Å². The highest BCUT2D eigenvalue weighted by atomic mass is 16.5. The lowest BCUT2D eigenvalue weighted by molar-refractivity contribution is -0.117. The Kier molecular flexibility index (Phi) is 14.4. The first kappa shape index (κ1) is 39.4. The van der Waals surface area contributed by atoms with E-state index >= 15 is 0 Å². The first-order valence-corrected chi connectivity index (χ1v) is 16.5. The van der Waals surface area contributed by atoms with Crippen molar-refractivity contribution in [2.24, 2.45) is 0 Å². The molecule has 2 amide bonds. The summed E-state index contributed by atoms with van der Waals surface area (Å²) in [5, 5.41) is 45.9. The fourth-order valence-electron chi connectivity index (χ4n) is 5.36. The Morgan fingerprint density at radius 1 is 0.547 bits per heavy atom. The molecule has 4 aromatic rings. The monoisotopic (exact) mass is 728 g/mol. The van der Waals surface area contributed by atoms with E-state index in [-0.39, 0.29) is 59.2 Å². The van der Waals surface area contributed by atoms with E-state index in [1.807, 2.05) is 0 Å². The lowest BCUT2D eigenvalue weighted by Crippen LogP contribution is -2.42. The van der Waals surface area contributed by atoms with Crippen LogP contribution in [-0.4, -0.2) is 86.0 Å². The van der Waals surface area contributed by atoms with Gasteiger partial charge in [-0.15, -0.1) is 0 Å². The highest BCUT2D eigenvalue weighted by Gasteiger charge is 2.18. The number of carbonyl (C=O) groups excluding carboxylic acids is 2. The Morgan fingerprint density at radius 2 is 0.887 bits per heavy atom. The second-order valence-corrected chi connectivity index (χ2v) is 11.9. The minimum Gasteiger partial charge on any atom is -0.504 e. The Bertz CT molecular complexity index is 1790. The van der Waals surface area contributed by atoms with Crippen LogP contribution in [0.5, 0.6) is 46.0 Å². The number of phenols is 4. The van der Waals surface area contributed by atoms with Gasteiger partial charge in [-0.3, -0.25) is 9.59 Å². The number of hydrogen-bond donors (Lipinski definition) is 6. The van der Waals surface area contributed by atoms with Crippen LogP contribution in [0.3, 0.4) is 0 Å². The van der Waals surface area contributed by atoms with Gasteiger partial charge in [0.1, 0.15) is 0 Å². The van der Waals surface area contributed by atoms with Crippen molar-refractivity contribution in [3.8, 4) is 46.0 Å². The lowest BCUT2D eigenvalue weighted by atomic mass is 10.0. The molecule has 0 spiro atoms. The Balaban J connectivity index is 1.51. The molecule has 2 atom stereocenters. The van der Waals surface area contributed by atoms with Crippen LogP contribution < -0.4 is 29.6 Å². The zero-order chi connectivity index (χ0) is 38.3. The molecule has 13 nitrogen and oxygen atoms in total. The summed E-state index contributed by atoms with van der Waals surface area (Å²) in [7, 11) is 5.75. The molecule has 0 fully saturated rings. The van der Waals surface area contributed by atoms with Gasteiger partial charge in [0.15, 0.2) is 46.0 Å². The number of nitrogens with one attached hydrogen (secondary N) is 2. The molecule has 0 radical (unpaired) electrons. The van der Waals surface area contributed by atoms with E-state index in [1.165, 1.54) is 64.9 Å². The summed E-state index contributed by atoms with van der Waals surface area (Å²) < 4.78 is 27.0. The molecule has 0 heterocycles. The first-order chi connectivity index (χ1) is 25.5. The van der Waals surface area contributed by atoms with Gasteiger partial charge in [0.2, 0.25) is 11.8 Å². The van der Waals surface area contributed by atoms with E-state index in [0.717, 1.165) is 11.1 Å². The molecule has 0 aliphatic rings. The second-order valence-electron chi connectivity index (χ2n) is 11.9. The first-order valence-electron chi connectivity index (χ1n) is 16.5. The fraction of sp³-hybridized carbons (Fsp3) is 0.250. The van der Waals surface area contributed by atoms with Crippen LogP contribution in [0.2, 0.25) is 0 Å². The Morgan fingerprint density at radius 3 is 1.25 bits per heavy atom. The van der Waals surface area contributed by atoms with Gasteiger partial charge in [-0.2, -0.15) is 0 Å². The maximum absolute atomic E-state index is 13.1. The van der Waals surface area contributed by atoms with Crippen LogP contribution in [-0.2, 0) is 27.2 Å². The van der Waals surface area contributed by atoms with Gasteiger partial charge < -0.3 is 54.7 Å². The number of amides is 2. The SMILES string of the molecule is COc1cc(C=CC(=O)NC(COCC(Cc2ccc(O)c(OC)c2)NC(=O)C=Cc2ccc(O)c(OC)c2)Cc2ccc(O)c(OC)c2)ccc1O. The highest BCUT2D eigenvalue weighted by molar-refractivity contribution is 5.92. The third-order valence-corrected chi connectivity index (χ3v) is 8.05. The Labute approximate surface area is 307 Å². The maximum Gasteiger partial charge on any atom is 0.244 e. The molecule has 0 saturated heterocycles. The van der Waals surface area contributed by atoms with Gasteiger partial charge in [-0.25, -0.2) is 0 Å². The quantitative estimate of drug-likeness (QED) is 0.0778. The third-order valence-electron chi connectivity index (χ3n) is 8.05. The number of methoxy groups -OCH3 is 4. The number of benzene rings is 4. The van der Waals surface area contributed by atoms with Crippen LogP contribution in [0.1, 0.15) is 22.3 Å². The van der Waals surface area contributed by atoms with Crippen molar-refractivity contribution in [2.45, 2.75) is 24.9 Å². The molecule has 4 rings (SSSR count). The topological polar surface area (TPSA) is 185 Å². The summed E-state index contributed by atoms with van der Waals surface area (Å²) in [6.07, 6.45) is 6.50. The molecule has 0 aliphatic heterocycles. The van der Waals surface area contributed by atoms with Crippen molar-refractivity contribution in [3.63, 3.8) is 0 Å². The van der Waals surface area contributed by atoms with Gasteiger partial charge in [0.05, 0.1) is 53.7 Å². The van der Waals surface area contributed by atoms with Gasteiger partial charge >= 0.3 is 0 Å². The molecule has 53 heavy (non-hydrogen) atoms. The van der Waals surface area contributed by atoms with Crippen LogP contribution in [0.25, 0.3) is 12.2 Å². The second kappa shape index (κ2) is 19.3. The van der Waals surface area contributed by atoms with Crippen LogP contribution >= 0.6 is 0 Å². The summed E-state index contributed by atoms with van der Waals surface area (Å²) in [6, 6.07) is 18.1. The summed E-state index contributed by atoms with van der Waals surface area (Å²) in [5.74, 6) is 0.175. The molecule has 4 aromatic carbocycles. The summed E-state index contributed by atoms with van der Waals surface area (Å²) in [5.41, 5.74) is 2.79. The largest absolute Gasteiger partial charge is 0.504 e. The molecular formula is C40H44N2O11. The number of carbonyl (C=O) groups is 2. The van der Waals surface area contributed by atoms with Crippen LogP contribution in [0.4, 0.5) is 0 Å². The molecule has 0 saturated carbocycles. The third kappa shape index (κ3) is 11.9. The normalized spacial score (nSPS) is 12.3. The van der Waals surface area contributed by atoms with Crippen LogP contribution in [0, 0.1) is 0 Å². The lowest BCUT2D eigenvalue weighted by Gasteiger charge is -2.22. The van der Waals surface area contributed by atoms with Crippen molar-refractivity contribution < 1.29 is 53.7 Å². The average Bonchev–Trinajstić information content (AvgIpc) is 3.15. The van der Waals surface area contributed by atoms with E-state index in [2.05, 4.69) is 10.6 Å². The Hall–Kier alpha value is -6.34. The summed E-state index contributed by atoms with van der Waals surface area (Å²) in [4.78, 5) is 26.2. The van der Waals surface area contributed by atoms with E-state index in [1.54, 1.807) is 60.7 Å². The van der Waals surface area contributed by atoms with Crippen LogP contribution in [0.15, 0.2) is 84.9 Å². The predicted octanol–water partition coefficient (Wildman–Crippen LogP) is 4.74. The predicted molar refractivity (Wildman–Crippen MR) is 199 cm³/mol. The van der Waals surface area contributed by atoms with E-state index in [4.69, 9.17) is 23.7 Å². The minimum absolute atomic E-state index is 0.0243. The van der Waals surface area contributed by atoms with Crippen molar-refractivity contribution >= 4 is 24.0 Å². The molecule has 0 bridgehead atoms. The molecular weight excluding hydrogens is 684 g/mol. The van der Waals surface area contributed by atoms with E-state index in [9.17, 15) is 30.0 Å². The molecule has 6 N–H and O–H groups in total. The van der Waals surface area contributed by atoms with Gasteiger partial charge in [-0.1, -0.05) is 24.3 Å². The fourth-order valence-corrected chi connectivity index (χ4v) is 5.36. The van der Waals surface area contributed by atoms with Gasteiger partial charge in [0, 0.05) is 12.2 Å². The van der Waals surface area contributed by atoms with Gasteiger partial charge in [0.25, 0.3) is 0 Å². The minimum atomic E-state index is -0.551. The molecule has 0 aliphatic carbocycles. The summed E-state index contributed by atoms with van der Waals surface area (Å²) >= 11 is 0. The number of aromatic hydroxyl groups is 4. The number of hydrogen-bond acceptors (Lipinski definition) is 11. The zero-order valence-corrected chi connectivity index (χ0v) is 29.9. The van der Waals surface area contributed by atoms with Crippen molar-refractivity contribution in [1.29, 1.82) is 0 Å². The van der Waals surface area contributed by atoms with Gasteiger partial charge in [-0.05, 0) is 95.8 Å². The number of rotatable bonds is 18. The summed E-state index contributed by atoms with van der Waals surface area (Å²) in [6.45, 7) is 0.0917. The van der Waals surface area contributed by atoms with Crippen molar-refractivity contribution in [2.75, 3.05) is 41.7 Å². The molecule has 2 unspecified atom stereocenters. The maximum atomic E-state index is 13.1. The van der Waals surface area contributed by atoms with Crippen molar-refractivity contribution in [3.05, 3.63) is 107 Å². The zero-order valence-electron chi connectivity index (χ0n) is 29.9. The number of phenolic OH excluding ortho intramolecular Hbond substituents is 4. The number of ether oxygens (including phenoxy) is 5. The molecule has 280 valence electrons. The average molecular weight is 729 g/mol. The standard InChI is InChI=1S/C40H44N2O11/c1-49-35-19-25(5-11-31(35)43)9-15-39(47)41-29(17-27-7-13-33(45)37(21-27)51-3)23-53-24-30(18-28-8-14-34(46)38(22-28)52-4)42-40(48)16-10-26-6-12-32(44)36(20-26)50-2/h5-16,19-22,29-30,43-46H,17-18,23-24H2,1-4H3,(H,41,47)(H,42,48). The molecule has 13 heteroatoms.